The van der Waals surface area contributed by atoms with Gasteiger partial charge in [-0.1, -0.05) is 24.3 Å². The Morgan fingerprint density at radius 1 is 0.906 bits per heavy atom. The predicted octanol–water partition coefficient (Wildman–Crippen LogP) is 4.80. The third-order valence-corrected chi connectivity index (χ3v) is 5.47. The predicted molar refractivity (Wildman–Crippen MR) is 122 cm³/mol. The van der Waals surface area contributed by atoms with Crippen molar-refractivity contribution in [2.45, 2.75) is 40.8 Å². The van der Waals surface area contributed by atoms with Gasteiger partial charge in [-0.3, -0.25) is 14.2 Å². The SMILES string of the molecule is Cc1cc(C)n(Cc2cccc(C(=O)Nc3c(C)nn(Cc4cccc(F)c4)c3C)c2)n1. The molecule has 6 nitrogen and oxygen atoms in total. The third kappa shape index (κ3) is 4.61. The van der Waals surface area contributed by atoms with Gasteiger partial charge in [-0.2, -0.15) is 10.2 Å². The first kappa shape index (κ1) is 21.5. The smallest absolute Gasteiger partial charge is 0.255 e. The van der Waals surface area contributed by atoms with Gasteiger partial charge in [0.05, 0.1) is 35.9 Å². The highest BCUT2D eigenvalue weighted by atomic mass is 19.1. The molecular weight excluding hydrogens is 405 g/mol. The van der Waals surface area contributed by atoms with Crippen molar-refractivity contribution >= 4 is 11.6 Å². The lowest BCUT2D eigenvalue weighted by Gasteiger charge is -2.09. The van der Waals surface area contributed by atoms with Gasteiger partial charge in [0.2, 0.25) is 0 Å². The standard InChI is InChI=1S/C25H26FN5O/c1-16-11-17(2)30(28-16)14-20-7-5-9-22(12-20)25(32)27-24-18(3)29-31(19(24)4)15-21-8-6-10-23(26)13-21/h5-13H,14-15H2,1-4H3,(H,27,32). The summed E-state index contributed by atoms with van der Waals surface area (Å²) in [6, 6.07) is 16.0. The van der Waals surface area contributed by atoms with Gasteiger partial charge in [-0.15, -0.1) is 0 Å². The minimum Gasteiger partial charge on any atom is -0.319 e. The number of rotatable bonds is 6. The Morgan fingerprint density at radius 2 is 1.59 bits per heavy atom. The van der Waals surface area contributed by atoms with Crippen LogP contribution in [0, 0.1) is 33.5 Å². The molecule has 164 valence electrons. The summed E-state index contributed by atoms with van der Waals surface area (Å²) < 4.78 is 17.2. The number of amides is 1. The number of aryl methyl sites for hydroxylation is 3. The first-order valence-electron chi connectivity index (χ1n) is 10.5. The Bertz CT molecular complexity index is 1290. The molecule has 32 heavy (non-hydrogen) atoms. The number of halogens is 1. The molecule has 1 N–H and O–H groups in total. The number of nitrogens with one attached hydrogen (secondary N) is 1. The Morgan fingerprint density at radius 3 is 2.28 bits per heavy atom. The van der Waals surface area contributed by atoms with Gasteiger partial charge in [-0.25, -0.2) is 4.39 Å². The van der Waals surface area contributed by atoms with Crippen LogP contribution in [0.4, 0.5) is 10.1 Å². The second-order valence-electron chi connectivity index (χ2n) is 8.07. The summed E-state index contributed by atoms with van der Waals surface area (Å²) >= 11 is 0. The van der Waals surface area contributed by atoms with Crippen molar-refractivity contribution < 1.29 is 9.18 Å². The highest BCUT2D eigenvalue weighted by molar-refractivity contribution is 6.05. The van der Waals surface area contributed by atoms with E-state index in [2.05, 4.69) is 15.5 Å². The number of hydrogen-bond acceptors (Lipinski definition) is 3. The highest BCUT2D eigenvalue weighted by Crippen LogP contribution is 2.22. The molecule has 7 heteroatoms. The molecule has 0 aliphatic heterocycles. The van der Waals surface area contributed by atoms with E-state index in [4.69, 9.17) is 0 Å². The summed E-state index contributed by atoms with van der Waals surface area (Å²) in [5.41, 5.74) is 6.64. The maximum atomic E-state index is 13.5. The number of aromatic nitrogens is 4. The fraction of sp³-hybridized carbons (Fsp3) is 0.240. The third-order valence-electron chi connectivity index (χ3n) is 5.47. The highest BCUT2D eigenvalue weighted by Gasteiger charge is 2.16. The number of benzene rings is 2. The summed E-state index contributed by atoms with van der Waals surface area (Å²) in [6.45, 7) is 8.76. The van der Waals surface area contributed by atoms with E-state index in [1.807, 2.05) is 62.7 Å². The lowest BCUT2D eigenvalue weighted by molar-refractivity contribution is 0.102. The lowest BCUT2D eigenvalue weighted by Crippen LogP contribution is -2.14. The van der Waals surface area contributed by atoms with Crippen LogP contribution in [0.2, 0.25) is 0 Å². The van der Waals surface area contributed by atoms with Crippen molar-refractivity contribution in [3.63, 3.8) is 0 Å². The molecule has 0 aliphatic rings. The summed E-state index contributed by atoms with van der Waals surface area (Å²) in [7, 11) is 0. The number of hydrogen-bond donors (Lipinski definition) is 1. The number of carbonyl (C=O) groups excluding carboxylic acids is 1. The maximum Gasteiger partial charge on any atom is 0.255 e. The lowest BCUT2D eigenvalue weighted by atomic mass is 10.1. The van der Waals surface area contributed by atoms with Gasteiger partial charge in [0.1, 0.15) is 5.82 Å². The van der Waals surface area contributed by atoms with Crippen LogP contribution in [0.1, 0.15) is 44.3 Å². The molecule has 0 saturated heterocycles. The molecule has 2 aromatic carbocycles. The Hall–Kier alpha value is -3.74. The minimum atomic E-state index is -0.280. The van der Waals surface area contributed by atoms with Crippen LogP contribution >= 0.6 is 0 Å². The van der Waals surface area contributed by atoms with E-state index in [9.17, 15) is 9.18 Å². The molecule has 0 saturated carbocycles. The van der Waals surface area contributed by atoms with E-state index in [0.717, 1.165) is 28.2 Å². The van der Waals surface area contributed by atoms with Crippen molar-refractivity contribution in [1.29, 1.82) is 0 Å². The van der Waals surface area contributed by atoms with Crippen LogP contribution in [-0.2, 0) is 13.1 Å². The topological polar surface area (TPSA) is 64.7 Å². The molecule has 2 aromatic heterocycles. The zero-order valence-corrected chi connectivity index (χ0v) is 18.7. The number of carbonyl (C=O) groups is 1. The molecule has 4 aromatic rings. The van der Waals surface area contributed by atoms with Gasteiger partial charge in [0.15, 0.2) is 0 Å². The Kier molecular flexibility index (Phi) is 5.90. The van der Waals surface area contributed by atoms with Gasteiger partial charge in [0, 0.05) is 11.3 Å². The first-order valence-corrected chi connectivity index (χ1v) is 10.5. The monoisotopic (exact) mass is 431 g/mol. The molecule has 0 aliphatic carbocycles. The molecule has 0 bridgehead atoms. The first-order chi connectivity index (χ1) is 15.3. The zero-order valence-electron chi connectivity index (χ0n) is 18.7. The molecule has 1 amide bonds. The second kappa shape index (κ2) is 8.78. The second-order valence-corrected chi connectivity index (χ2v) is 8.07. The minimum absolute atomic E-state index is 0.197. The van der Waals surface area contributed by atoms with Gasteiger partial charge in [-0.05, 0) is 69.2 Å². The van der Waals surface area contributed by atoms with Crippen molar-refractivity contribution in [3.8, 4) is 0 Å². The average Bonchev–Trinajstić information content (AvgIpc) is 3.20. The fourth-order valence-electron chi connectivity index (χ4n) is 3.84. The van der Waals surface area contributed by atoms with Gasteiger partial charge in [0.25, 0.3) is 5.91 Å². The fourth-order valence-corrected chi connectivity index (χ4v) is 3.84. The molecular formula is C25H26FN5O. The summed E-state index contributed by atoms with van der Waals surface area (Å²) in [6.07, 6.45) is 0. The van der Waals surface area contributed by atoms with E-state index in [1.54, 1.807) is 16.8 Å². The molecule has 0 atom stereocenters. The van der Waals surface area contributed by atoms with E-state index in [-0.39, 0.29) is 11.7 Å². The van der Waals surface area contributed by atoms with Crippen LogP contribution in [0.3, 0.4) is 0 Å². The number of nitrogens with zero attached hydrogens (tertiary/aromatic N) is 4. The molecule has 0 radical (unpaired) electrons. The van der Waals surface area contributed by atoms with Crippen LogP contribution in [0.5, 0.6) is 0 Å². The molecule has 4 rings (SSSR count). The normalized spacial score (nSPS) is 11.0. The van der Waals surface area contributed by atoms with Crippen LogP contribution < -0.4 is 5.32 Å². The maximum absolute atomic E-state index is 13.5. The number of anilines is 1. The van der Waals surface area contributed by atoms with E-state index in [1.165, 1.54) is 12.1 Å². The Balaban J connectivity index is 1.51. The summed E-state index contributed by atoms with van der Waals surface area (Å²) in [5, 5.41) is 12.0. The quantitative estimate of drug-likeness (QED) is 0.477. The van der Waals surface area contributed by atoms with Crippen molar-refractivity contribution in [2.24, 2.45) is 0 Å². The van der Waals surface area contributed by atoms with E-state index < -0.39 is 0 Å². The van der Waals surface area contributed by atoms with Crippen molar-refractivity contribution in [1.82, 2.24) is 19.6 Å². The van der Waals surface area contributed by atoms with Gasteiger partial charge < -0.3 is 5.32 Å². The van der Waals surface area contributed by atoms with Gasteiger partial charge >= 0.3 is 0 Å². The van der Waals surface area contributed by atoms with Crippen molar-refractivity contribution in [3.05, 3.63) is 99.9 Å². The van der Waals surface area contributed by atoms with Crippen LogP contribution in [-0.4, -0.2) is 25.5 Å². The van der Waals surface area contributed by atoms with Crippen LogP contribution in [0.15, 0.2) is 54.6 Å². The Labute approximate surface area is 186 Å². The molecule has 0 unspecified atom stereocenters. The molecule has 2 heterocycles. The zero-order chi connectivity index (χ0) is 22.8. The van der Waals surface area contributed by atoms with E-state index in [0.29, 0.717) is 30.0 Å². The average molecular weight is 432 g/mol. The summed E-state index contributed by atoms with van der Waals surface area (Å²) in [4.78, 5) is 13.0. The molecule has 0 fully saturated rings. The van der Waals surface area contributed by atoms with E-state index >= 15 is 0 Å². The van der Waals surface area contributed by atoms with Crippen LogP contribution in [0.25, 0.3) is 0 Å². The van der Waals surface area contributed by atoms with Crippen molar-refractivity contribution in [2.75, 3.05) is 5.32 Å². The molecule has 0 spiro atoms. The largest absolute Gasteiger partial charge is 0.319 e. The summed E-state index contributed by atoms with van der Waals surface area (Å²) in [5.74, 6) is -0.477.